The van der Waals surface area contributed by atoms with E-state index in [1.165, 1.54) is 88.2 Å². The van der Waals surface area contributed by atoms with E-state index in [0.29, 0.717) is 39.6 Å². The molecule has 286 valence electrons. The van der Waals surface area contributed by atoms with Crippen LogP contribution >= 0.6 is 0 Å². The van der Waals surface area contributed by atoms with E-state index in [-0.39, 0.29) is 0 Å². The van der Waals surface area contributed by atoms with Crippen LogP contribution in [0.5, 0.6) is 0 Å². The maximum Gasteiger partial charge on any atom is 0.282 e. The Morgan fingerprint density at radius 2 is 0.660 bits per heavy atom. The predicted molar refractivity (Wildman–Crippen MR) is 204 cm³/mol. The molecule has 0 unspecified atom stereocenters. The Balaban J connectivity index is 1.56. The van der Waals surface area contributed by atoms with Crippen LogP contribution in [0.4, 0.5) is 0 Å². The summed E-state index contributed by atoms with van der Waals surface area (Å²) in [6.07, 6.45) is 24.7. The molecule has 2 aromatic heterocycles. The monoisotopic (exact) mass is 701 g/mol. The quantitative estimate of drug-likeness (QED) is 0.0537. The normalized spacial score (nSPS) is 12.2. The first-order valence-electron chi connectivity index (χ1n) is 20.2. The second-order valence-electron chi connectivity index (χ2n) is 13.0. The highest BCUT2D eigenvalue weighted by Crippen LogP contribution is 2.26. The van der Waals surface area contributed by atoms with E-state index in [1.807, 2.05) is 53.9 Å². The van der Waals surface area contributed by atoms with E-state index >= 15 is 0 Å². The van der Waals surface area contributed by atoms with Crippen molar-refractivity contribution in [1.82, 2.24) is 9.97 Å². The molecule has 0 saturated carbocycles. The molecule has 0 fully saturated rings. The third-order valence-electron chi connectivity index (χ3n) is 8.99. The van der Waals surface area contributed by atoms with Gasteiger partial charge in [-0.2, -0.15) is 0 Å². The smallest absolute Gasteiger partial charge is 0.282 e. The van der Waals surface area contributed by atoms with Crippen LogP contribution in [0.3, 0.4) is 0 Å². The average molecular weight is 701 g/mol. The molecule has 8 heteroatoms. The summed E-state index contributed by atoms with van der Waals surface area (Å²) in [6.45, 7) is 15.5. The second kappa shape index (κ2) is 27.7. The molecule has 0 bridgehead atoms. The van der Waals surface area contributed by atoms with Crippen molar-refractivity contribution in [3.63, 3.8) is 0 Å². The van der Waals surface area contributed by atoms with Crippen LogP contribution in [0.15, 0.2) is 36.7 Å². The van der Waals surface area contributed by atoms with Crippen LogP contribution in [0.25, 0.3) is 11.4 Å². The van der Waals surface area contributed by atoms with Gasteiger partial charge < -0.3 is 28.4 Å². The first-order chi connectivity index (χ1) is 24.5. The summed E-state index contributed by atoms with van der Waals surface area (Å²) < 4.78 is 35.0. The molecule has 0 atom stereocenters. The van der Waals surface area contributed by atoms with Crippen molar-refractivity contribution in [1.29, 1.82) is 0 Å². The number of hydrogen-bond donors (Lipinski definition) is 0. The first kappa shape index (κ1) is 44.2. The lowest BCUT2D eigenvalue weighted by molar-refractivity contribution is -0.380. The number of unbranched alkanes of at least 4 members (excludes halogenated alkanes) is 12. The highest BCUT2D eigenvalue weighted by molar-refractivity contribution is 5.54. The van der Waals surface area contributed by atoms with E-state index in [9.17, 15) is 0 Å². The second-order valence-corrected chi connectivity index (χ2v) is 13.0. The Morgan fingerprint density at radius 3 is 0.920 bits per heavy atom. The largest absolute Gasteiger partial charge is 0.328 e. The highest BCUT2D eigenvalue weighted by atomic mass is 16.9. The van der Waals surface area contributed by atoms with E-state index in [2.05, 4.69) is 24.3 Å². The van der Waals surface area contributed by atoms with Crippen LogP contribution in [-0.4, -0.2) is 61.6 Å². The molecule has 8 nitrogen and oxygen atoms in total. The van der Waals surface area contributed by atoms with E-state index in [4.69, 9.17) is 38.4 Å². The number of aryl methyl sites for hydroxylation is 2. The summed E-state index contributed by atoms with van der Waals surface area (Å²) >= 11 is 0. The summed E-state index contributed by atoms with van der Waals surface area (Å²) in [4.78, 5) is 9.46. The van der Waals surface area contributed by atoms with Crippen LogP contribution in [-0.2, 0) is 41.3 Å². The fraction of sp³-hybridized carbons (Fsp3) is 0.762. The number of ether oxygens (including phenoxy) is 6. The molecule has 0 aromatic carbocycles. The summed E-state index contributed by atoms with van der Waals surface area (Å²) in [7, 11) is 0. The van der Waals surface area contributed by atoms with Crippen LogP contribution in [0, 0.1) is 0 Å². The molecule has 0 aliphatic heterocycles. The molecule has 0 saturated heterocycles. The van der Waals surface area contributed by atoms with Crippen molar-refractivity contribution >= 4 is 0 Å². The van der Waals surface area contributed by atoms with Crippen LogP contribution < -0.4 is 0 Å². The molecule has 0 amide bonds. The summed E-state index contributed by atoms with van der Waals surface area (Å²) in [5.74, 6) is -1.73. The fourth-order valence-corrected chi connectivity index (χ4v) is 6.56. The van der Waals surface area contributed by atoms with Gasteiger partial charge in [0.15, 0.2) is 0 Å². The molecular weight excluding hydrogens is 628 g/mol. The SMILES string of the molecule is CCOC(CCCCCCCCCc1ccc(-c2ccc(CCCCCCCCCC(OCC)(OCC)OCC)cn2)nc1)(OCC)OCC. The van der Waals surface area contributed by atoms with Gasteiger partial charge in [-0.3, -0.25) is 9.97 Å². The van der Waals surface area contributed by atoms with Crippen molar-refractivity contribution in [2.45, 2.75) is 169 Å². The Kier molecular flexibility index (Phi) is 24.5. The maximum absolute atomic E-state index is 5.84. The van der Waals surface area contributed by atoms with Crippen molar-refractivity contribution in [3.05, 3.63) is 47.8 Å². The lowest BCUT2D eigenvalue weighted by Crippen LogP contribution is -2.39. The van der Waals surface area contributed by atoms with Crippen molar-refractivity contribution < 1.29 is 28.4 Å². The van der Waals surface area contributed by atoms with Gasteiger partial charge in [-0.1, -0.05) is 76.3 Å². The predicted octanol–water partition coefficient (Wildman–Crippen LogP) is 11.0. The van der Waals surface area contributed by atoms with Gasteiger partial charge >= 0.3 is 0 Å². The summed E-state index contributed by atoms with van der Waals surface area (Å²) in [5, 5.41) is 0. The Morgan fingerprint density at radius 1 is 0.380 bits per heavy atom. The molecule has 0 spiro atoms. The molecule has 2 heterocycles. The minimum absolute atomic E-state index is 0.592. The molecule has 2 rings (SSSR count). The number of pyridine rings is 2. The van der Waals surface area contributed by atoms with Crippen molar-refractivity contribution in [2.24, 2.45) is 0 Å². The van der Waals surface area contributed by atoms with Gasteiger partial charge in [-0.25, -0.2) is 0 Å². The van der Waals surface area contributed by atoms with Gasteiger partial charge in [0.25, 0.3) is 11.9 Å². The highest BCUT2D eigenvalue weighted by Gasteiger charge is 2.32. The van der Waals surface area contributed by atoms with Crippen molar-refractivity contribution in [3.8, 4) is 11.4 Å². The van der Waals surface area contributed by atoms with Gasteiger partial charge in [0.2, 0.25) is 0 Å². The van der Waals surface area contributed by atoms with Crippen LogP contribution in [0.1, 0.15) is 155 Å². The Hall–Kier alpha value is -1.94. The van der Waals surface area contributed by atoms with E-state index in [0.717, 1.165) is 49.9 Å². The molecule has 0 N–H and O–H groups in total. The number of hydrogen-bond acceptors (Lipinski definition) is 8. The molecule has 0 radical (unpaired) electrons. The number of nitrogens with zero attached hydrogens (tertiary/aromatic N) is 2. The van der Waals surface area contributed by atoms with Gasteiger partial charge in [0.05, 0.1) is 11.4 Å². The minimum Gasteiger partial charge on any atom is -0.328 e. The summed E-state index contributed by atoms with van der Waals surface area (Å²) in [6, 6.07) is 8.67. The molecule has 0 aliphatic rings. The Bertz CT molecular complexity index is 945. The molecule has 2 aromatic rings. The first-order valence-corrected chi connectivity index (χ1v) is 20.2. The topological polar surface area (TPSA) is 81.2 Å². The van der Waals surface area contributed by atoms with E-state index < -0.39 is 11.9 Å². The third-order valence-corrected chi connectivity index (χ3v) is 8.99. The fourth-order valence-electron chi connectivity index (χ4n) is 6.56. The van der Waals surface area contributed by atoms with Gasteiger partial charge in [-0.05, 0) is 103 Å². The zero-order chi connectivity index (χ0) is 36.2. The van der Waals surface area contributed by atoms with Gasteiger partial charge in [0.1, 0.15) is 0 Å². The maximum atomic E-state index is 5.84. The summed E-state index contributed by atoms with van der Waals surface area (Å²) in [5.41, 5.74) is 4.50. The molecule has 0 aliphatic carbocycles. The van der Waals surface area contributed by atoms with Gasteiger partial charge in [0, 0.05) is 64.9 Å². The zero-order valence-corrected chi connectivity index (χ0v) is 32.8. The number of rotatable bonds is 33. The van der Waals surface area contributed by atoms with E-state index in [1.54, 1.807) is 0 Å². The van der Waals surface area contributed by atoms with Gasteiger partial charge in [-0.15, -0.1) is 0 Å². The standard InChI is InChI=1S/C42H72N2O6/c1-7-45-41(46-8-2,47-9-3)33-25-21-17-13-15-19-23-27-37-29-31-39(43-35-37)40-32-30-38(36-44-40)28-24-20-16-14-18-22-26-34-42(48-10-4,49-11-5)50-12-6/h29-32,35-36H,7-28,33-34H2,1-6H3. The van der Waals surface area contributed by atoms with Crippen molar-refractivity contribution in [2.75, 3.05) is 39.6 Å². The lowest BCUT2D eigenvalue weighted by atomic mass is 10.0. The lowest BCUT2D eigenvalue weighted by Gasteiger charge is -2.32. The molecular formula is C42H72N2O6. The van der Waals surface area contributed by atoms with Crippen LogP contribution in [0.2, 0.25) is 0 Å². The zero-order valence-electron chi connectivity index (χ0n) is 32.8. The minimum atomic E-state index is -0.863. The average Bonchev–Trinajstić information content (AvgIpc) is 3.11. The number of aromatic nitrogens is 2. The third kappa shape index (κ3) is 18.0. The Labute approximate surface area is 305 Å². The molecule has 50 heavy (non-hydrogen) atoms.